The van der Waals surface area contributed by atoms with E-state index in [0.29, 0.717) is 17.0 Å². The van der Waals surface area contributed by atoms with Gasteiger partial charge in [-0.15, -0.1) is 0 Å². The van der Waals surface area contributed by atoms with Gasteiger partial charge in [0.2, 0.25) is 10.0 Å². The van der Waals surface area contributed by atoms with Crippen LogP contribution in [0.2, 0.25) is 0 Å². The molecule has 28 heavy (non-hydrogen) atoms. The largest absolute Gasteiger partial charge is 0.421 e. The maximum atomic E-state index is 13.7. The van der Waals surface area contributed by atoms with Crippen molar-refractivity contribution >= 4 is 15.7 Å². The summed E-state index contributed by atoms with van der Waals surface area (Å²) in [6, 6.07) is 13.1. The Bertz CT molecular complexity index is 1080. The average molecular weight is 401 g/mol. The fourth-order valence-corrected chi connectivity index (χ4v) is 3.91. The van der Waals surface area contributed by atoms with Crippen LogP contribution in [0.3, 0.4) is 0 Å². The maximum absolute atomic E-state index is 13.7. The van der Waals surface area contributed by atoms with Gasteiger partial charge >= 0.3 is 6.01 Å². The zero-order chi connectivity index (χ0) is 20.3. The van der Waals surface area contributed by atoms with Crippen molar-refractivity contribution in [3.63, 3.8) is 0 Å². The summed E-state index contributed by atoms with van der Waals surface area (Å²) in [7, 11) is -3.65. The molecule has 0 amide bonds. The van der Waals surface area contributed by atoms with Crippen LogP contribution in [0.5, 0.6) is 11.8 Å². The van der Waals surface area contributed by atoms with Crippen molar-refractivity contribution in [2.75, 3.05) is 4.72 Å². The van der Waals surface area contributed by atoms with Crippen LogP contribution in [-0.4, -0.2) is 18.4 Å². The Morgan fingerprint density at radius 3 is 2.18 bits per heavy atom. The van der Waals surface area contributed by atoms with Crippen molar-refractivity contribution in [1.29, 1.82) is 0 Å². The van der Waals surface area contributed by atoms with Gasteiger partial charge in [-0.05, 0) is 38.5 Å². The molecule has 0 saturated carbocycles. The van der Waals surface area contributed by atoms with Crippen LogP contribution in [0, 0.1) is 26.6 Å². The molecule has 8 heteroatoms. The van der Waals surface area contributed by atoms with Crippen molar-refractivity contribution in [2.45, 2.75) is 26.5 Å². The number of aryl methyl sites for hydroxylation is 3. The summed E-state index contributed by atoms with van der Waals surface area (Å²) in [5.41, 5.74) is 2.78. The fraction of sp³-hybridized carbons (Fsp3) is 0.200. The highest BCUT2D eigenvalue weighted by Gasteiger charge is 2.18. The number of anilines is 1. The van der Waals surface area contributed by atoms with Gasteiger partial charge in [0, 0.05) is 0 Å². The van der Waals surface area contributed by atoms with E-state index in [1.54, 1.807) is 38.1 Å². The maximum Gasteiger partial charge on any atom is 0.322 e. The average Bonchev–Trinajstić information content (AvgIpc) is 2.62. The second-order valence-electron chi connectivity index (χ2n) is 6.43. The van der Waals surface area contributed by atoms with Crippen molar-refractivity contribution in [3.05, 3.63) is 76.9 Å². The first-order valence-corrected chi connectivity index (χ1v) is 10.2. The van der Waals surface area contributed by atoms with Gasteiger partial charge in [-0.1, -0.05) is 42.0 Å². The summed E-state index contributed by atoms with van der Waals surface area (Å²) < 4.78 is 46.7. The third kappa shape index (κ3) is 4.83. The Balaban J connectivity index is 1.80. The SMILES string of the molecule is Cc1ccc(CS(=O)(=O)Nc2c(C)nc(Oc3ccccc3F)nc2C)cc1. The van der Waals surface area contributed by atoms with Gasteiger partial charge in [0.25, 0.3) is 0 Å². The summed E-state index contributed by atoms with van der Waals surface area (Å²) in [5.74, 6) is -0.710. The Morgan fingerprint density at radius 2 is 1.57 bits per heavy atom. The molecule has 0 saturated heterocycles. The predicted molar refractivity (Wildman–Crippen MR) is 105 cm³/mol. The van der Waals surface area contributed by atoms with E-state index in [1.165, 1.54) is 12.1 Å². The number of hydrogen-bond donors (Lipinski definition) is 1. The summed E-state index contributed by atoms with van der Waals surface area (Å²) >= 11 is 0. The molecule has 3 aromatic rings. The molecule has 0 radical (unpaired) electrons. The zero-order valence-electron chi connectivity index (χ0n) is 15.7. The Hall–Kier alpha value is -3.00. The Labute approximate surface area is 163 Å². The summed E-state index contributed by atoms with van der Waals surface area (Å²) in [6.07, 6.45) is 0. The lowest BCUT2D eigenvalue weighted by atomic mass is 10.2. The van der Waals surface area contributed by atoms with Gasteiger partial charge in [0.1, 0.15) is 0 Å². The molecule has 1 aromatic heterocycles. The first-order valence-electron chi connectivity index (χ1n) is 8.57. The summed E-state index contributed by atoms with van der Waals surface area (Å²) in [4.78, 5) is 8.29. The predicted octanol–water partition coefficient (Wildman–Crippen LogP) is 4.28. The minimum Gasteiger partial charge on any atom is -0.421 e. The molecule has 0 bridgehead atoms. The van der Waals surface area contributed by atoms with E-state index in [-0.39, 0.29) is 23.2 Å². The van der Waals surface area contributed by atoms with E-state index in [1.807, 2.05) is 19.1 Å². The molecule has 2 aromatic carbocycles. The molecular formula is C20H20FN3O3S. The van der Waals surface area contributed by atoms with Crippen molar-refractivity contribution < 1.29 is 17.5 Å². The third-order valence-electron chi connectivity index (χ3n) is 4.02. The number of nitrogens with one attached hydrogen (secondary N) is 1. The number of halogens is 1. The van der Waals surface area contributed by atoms with E-state index >= 15 is 0 Å². The molecular weight excluding hydrogens is 381 g/mol. The molecule has 0 aliphatic heterocycles. The second-order valence-corrected chi connectivity index (χ2v) is 8.15. The first kappa shape index (κ1) is 19.8. The van der Waals surface area contributed by atoms with Crippen LogP contribution in [0.1, 0.15) is 22.5 Å². The Kier molecular flexibility index (Phi) is 5.60. The van der Waals surface area contributed by atoms with Gasteiger partial charge in [-0.3, -0.25) is 4.72 Å². The topological polar surface area (TPSA) is 81.2 Å². The summed E-state index contributed by atoms with van der Waals surface area (Å²) in [6.45, 7) is 5.20. The normalized spacial score (nSPS) is 11.3. The van der Waals surface area contributed by atoms with Crippen molar-refractivity contribution in [3.8, 4) is 11.8 Å². The van der Waals surface area contributed by atoms with Crippen LogP contribution in [0.25, 0.3) is 0 Å². The van der Waals surface area contributed by atoms with Crippen LogP contribution in [0.15, 0.2) is 48.5 Å². The molecule has 0 spiro atoms. The van der Waals surface area contributed by atoms with Crippen molar-refractivity contribution in [1.82, 2.24) is 9.97 Å². The number of rotatable bonds is 6. The molecule has 6 nitrogen and oxygen atoms in total. The highest BCUT2D eigenvalue weighted by atomic mass is 32.2. The van der Waals surface area contributed by atoms with E-state index < -0.39 is 15.8 Å². The monoisotopic (exact) mass is 401 g/mol. The van der Waals surface area contributed by atoms with E-state index in [9.17, 15) is 12.8 Å². The second kappa shape index (κ2) is 7.93. The van der Waals surface area contributed by atoms with Crippen LogP contribution >= 0.6 is 0 Å². The van der Waals surface area contributed by atoms with Gasteiger partial charge in [-0.25, -0.2) is 12.8 Å². The van der Waals surface area contributed by atoms with Crippen LogP contribution in [-0.2, 0) is 15.8 Å². The van der Waals surface area contributed by atoms with E-state index in [0.717, 1.165) is 5.56 Å². The number of hydrogen-bond acceptors (Lipinski definition) is 5. The van der Waals surface area contributed by atoms with E-state index in [2.05, 4.69) is 14.7 Å². The lowest BCUT2D eigenvalue weighted by Gasteiger charge is -2.14. The molecule has 3 rings (SSSR count). The lowest BCUT2D eigenvalue weighted by Crippen LogP contribution is -2.17. The van der Waals surface area contributed by atoms with Gasteiger partial charge in [0.15, 0.2) is 11.6 Å². The molecule has 1 heterocycles. The summed E-state index contributed by atoms with van der Waals surface area (Å²) in [5, 5.41) is 0. The first-order chi connectivity index (χ1) is 13.2. The van der Waals surface area contributed by atoms with Crippen LogP contribution < -0.4 is 9.46 Å². The Morgan fingerprint density at radius 1 is 0.964 bits per heavy atom. The molecule has 0 atom stereocenters. The minimum atomic E-state index is -3.65. The van der Waals surface area contributed by atoms with Crippen LogP contribution in [0.4, 0.5) is 10.1 Å². The number of nitrogens with zero attached hydrogens (tertiary/aromatic N) is 2. The lowest BCUT2D eigenvalue weighted by molar-refractivity contribution is 0.409. The quantitative estimate of drug-likeness (QED) is 0.667. The highest BCUT2D eigenvalue weighted by molar-refractivity contribution is 7.91. The standard InChI is InChI=1S/C20H20FN3O3S/c1-13-8-10-16(11-9-13)12-28(25,26)24-19-14(2)22-20(23-15(19)3)27-18-7-5-4-6-17(18)21/h4-11,24H,12H2,1-3H3. The number of ether oxygens (including phenoxy) is 1. The molecule has 0 unspecified atom stereocenters. The zero-order valence-corrected chi connectivity index (χ0v) is 16.5. The third-order valence-corrected chi connectivity index (χ3v) is 5.25. The van der Waals surface area contributed by atoms with Crippen molar-refractivity contribution in [2.24, 2.45) is 0 Å². The molecule has 0 aliphatic rings. The fourth-order valence-electron chi connectivity index (χ4n) is 2.60. The molecule has 146 valence electrons. The number of sulfonamides is 1. The molecule has 1 N–H and O–H groups in total. The minimum absolute atomic E-state index is 0.00555. The van der Waals surface area contributed by atoms with E-state index in [4.69, 9.17) is 4.74 Å². The van der Waals surface area contributed by atoms with Gasteiger partial charge in [0.05, 0.1) is 22.8 Å². The number of benzene rings is 2. The number of aromatic nitrogens is 2. The van der Waals surface area contributed by atoms with Gasteiger partial charge < -0.3 is 4.74 Å². The molecule has 0 fully saturated rings. The number of para-hydroxylation sites is 1. The smallest absolute Gasteiger partial charge is 0.322 e. The highest BCUT2D eigenvalue weighted by Crippen LogP contribution is 2.26. The molecule has 0 aliphatic carbocycles. The van der Waals surface area contributed by atoms with Gasteiger partial charge in [-0.2, -0.15) is 9.97 Å².